The molecule has 0 saturated heterocycles. The second-order valence-electron chi connectivity index (χ2n) is 6.35. The lowest BCUT2D eigenvalue weighted by atomic mass is 10.1. The molecule has 4 rings (SSSR count). The highest BCUT2D eigenvalue weighted by molar-refractivity contribution is 5.76. The van der Waals surface area contributed by atoms with Gasteiger partial charge >= 0.3 is 0 Å². The number of aromatic nitrogens is 2. The molecule has 1 amide bonds. The van der Waals surface area contributed by atoms with Crippen LogP contribution >= 0.6 is 0 Å². The van der Waals surface area contributed by atoms with E-state index >= 15 is 0 Å². The Morgan fingerprint density at radius 1 is 1.23 bits per heavy atom. The quantitative estimate of drug-likeness (QED) is 0.739. The minimum Gasteiger partial charge on any atom is -0.493 e. The summed E-state index contributed by atoms with van der Waals surface area (Å²) in [5.41, 5.74) is 3.80. The van der Waals surface area contributed by atoms with Crippen LogP contribution in [0.3, 0.4) is 0 Å². The summed E-state index contributed by atoms with van der Waals surface area (Å²) in [5, 5.41) is 2.90. The molecule has 1 aliphatic heterocycles. The molecule has 0 spiro atoms. The summed E-state index contributed by atoms with van der Waals surface area (Å²) in [5.74, 6) is 0.831. The van der Waals surface area contributed by atoms with Crippen LogP contribution in [-0.2, 0) is 24.2 Å². The van der Waals surface area contributed by atoms with Gasteiger partial charge in [0, 0.05) is 25.8 Å². The van der Waals surface area contributed by atoms with Gasteiger partial charge in [0.15, 0.2) is 0 Å². The Labute approximate surface area is 150 Å². The van der Waals surface area contributed by atoms with Gasteiger partial charge in [-0.3, -0.25) is 9.59 Å². The van der Waals surface area contributed by atoms with Crippen LogP contribution in [0.15, 0.2) is 47.3 Å². The number of fused-ring (bicyclic) bond motifs is 2. The van der Waals surface area contributed by atoms with E-state index in [1.807, 2.05) is 36.4 Å². The number of carbonyl (C=O) groups is 1. The summed E-state index contributed by atoms with van der Waals surface area (Å²) < 4.78 is 5.48. The molecule has 3 aromatic rings. The van der Waals surface area contributed by atoms with Crippen molar-refractivity contribution in [2.24, 2.45) is 0 Å². The third-order valence-corrected chi connectivity index (χ3v) is 4.50. The zero-order valence-electron chi connectivity index (χ0n) is 14.2. The number of hydrogen-bond acceptors (Lipinski definition) is 4. The zero-order chi connectivity index (χ0) is 17.9. The lowest BCUT2D eigenvalue weighted by Crippen LogP contribution is -2.24. The Bertz CT molecular complexity index is 1030. The van der Waals surface area contributed by atoms with E-state index in [-0.39, 0.29) is 17.9 Å². The molecular weight excluding hydrogens is 330 g/mol. The summed E-state index contributed by atoms with van der Waals surface area (Å²) in [7, 11) is 0. The average Bonchev–Trinajstić information content (AvgIpc) is 3.12. The molecule has 2 aromatic carbocycles. The predicted molar refractivity (Wildman–Crippen MR) is 98.2 cm³/mol. The van der Waals surface area contributed by atoms with Crippen LogP contribution in [0.4, 0.5) is 0 Å². The van der Waals surface area contributed by atoms with Crippen molar-refractivity contribution >= 4 is 16.9 Å². The molecule has 0 unspecified atom stereocenters. The number of benzene rings is 2. The summed E-state index contributed by atoms with van der Waals surface area (Å²) in [6.45, 7) is 1.19. The highest BCUT2D eigenvalue weighted by Gasteiger charge is 2.12. The Morgan fingerprint density at radius 2 is 2.12 bits per heavy atom. The van der Waals surface area contributed by atoms with E-state index in [0.717, 1.165) is 29.9 Å². The van der Waals surface area contributed by atoms with Crippen LogP contribution in [0.5, 0.6) is 5.75 Å². The number of carbonyl (C=O) groups excluding carboxylic acids is 1. The molecule has 1 aromatic heterocycles. The lowest BCUT2D eigenvalue weighted by molar-refractivity contribution is -0.121. The van der Waals surface area contributed by atoms with E-state index in [4.69, 9.17) is 4.74 Å². The Hall–Kier alpha value is -3.15. The molecule has 0 aliphatic carbocycles. The van der Waals surface area contributed by atoms with Crippen molar-refractivity contribution < 1.29 is 9.53 Å². The molecule has 0 fully saturated rings. The van der Waals surface area contributed by atoms with Crippen molar-refractivity contribution in [1.82, 2.24) is 15.3 Å². The Kier molecular flexibility index (Phi) is 4.39. The fraction of sp³-hybridized carbons (Fsp3) is 0.250. The van der Waals surface area contributed by atoms with Crippen LogP contribution < -0.4 is 15.6 Å². The number of nitrogens with one attached hydrogen (secondary N) is 2. The second-order valence-corrected chi connectivity index (χ2v) is 6.35. The largest absolute Gasteiger partial charge is 0.493 e. The van der Waals surface area contributed by atoms with E-state index < -0.39 is 0 Å². The maximum absolute atomic E-state index is 12.1. The minimum atomic E-state index is -0.241. The van der Waals surface area contributed by atoms with E-state index in [0.29, 0.717) is 24.2 Å². The van der Waals surface area contributed by atoms with Gasteiger partial charge in [0.25, 0.3) is 5.56 Å². The van der Waals surface area contributed by atoms with Gasteiger partial charge < -0.3 is 15.0 Å². The fourth-order valence-electron chi connectivity index (χ4n) is 3.11. The van der Waals surface area contributed by atoms with Gasteiger partial charge in [-0.15, -0.1) is 0 Å². The molecule has 0 bridgehead atoms. The van der Waals surface area contributed by atoms with E-state index in [1.54, 1.807) is 0 Å². The van der Waals surface area contributed by atoms with Crippen LogP contribution in [-0.4, -0.2) is 22.5 Å². The highest BCUT2D eigenvalue weighted by Crippen LogP contribution is 2.25. The lowest BCUT2D eigenvalue weighted by Gasteiger charge is -2.07. The maximum Gasteiger partial charge on any atom is 0.270 e. The van der Waals surface area contributed by atoms with Crippen molar-refractivity contribution in [1.29, 1.82) is 0 Å². The monoisotopic (exact) mass is 349 g/mol. The minimum absolute atomic E-state index is 0.101. The number of hydrogen-bond donors (Lipinski definition) is 2. The van der Waals surface area contributed by atoms with Crippen LogP contribution in [0.1, 0.15) is 23.2 Å². The molecule has 2 heterocycles. The predicted octanol–water partition coefficient (Wildman–Crippen LogP) is 2.11. The molecule has 1 aliphatic rings. The number of H-pyrrole nitrogens is 1. The summed E-state index contributed by atoms with van der Waals surface area (Å²) in [6, 6.07) is 13.3. The number of para-hydroxylation sites is 2. The topological polar surface area (TPSA) is 84.1 Å². The zero-order valence-corrected chi connectivity index (χ0v) is 14.2. The Morgan fingerprint density at radius 3 is 3.04 bits per heavy atom. The summed E-state index contributed by atoms with van der Waals surface area (Å²) in [6.07, 6.45) is 1.44. The second kappa shape index (κ2) is 7.00. The molecule has 0 saturated carbocycles. The standard InChI is InChI=1S/C20H19N3O3/c24-19(21-12-13-5-7-18-14(11-13)9-10-26-18)8-6-17-20(25)23-16-4-2-1-3-15(16)22-17/h1-5,7,11H,6,8-10,12H2,(H,21,24)(H,23,25). The maximum atomic E-state index is 12.1. The van der Waals surface area contributed by atoms with Crippen molar-refractivity contribution in [2.75, 3.05) is 6.61 Å². The highest BCUT2D eigenvalue weighted by atomic mass is 16.5. The van der Waals surface area contributed by atoms with Crippen molar-refractivity contribution in [3.8, 4) is 5.75 Å². The number of aryl methyl sites for hydroxylation is 1. The number of ether oxygens (including phenoxy) is 1. The van der Waals surface area contributed by atoms with Gasteiger partial charge in [0.1, 0.15) is 11.4 Å². The van der Waals surface area contributed by atoms with Gasteiger partial charge in [-0.05, 0) is 29.3 Å². The molecule has 0 radical (unpaired) electrons. The normalized spacial score (nSPS) is 12.6. The fourth-order valence-corrected chi connectivity index (χ4v) is 3.11. The van der Waals surface area contributed by atoms with Crippen LogP contribution in [0.25, 0.3) is 11.0 Å². The molecule has 6 nitrogen and oxygen atoms in total. The first-order chi connectivity index (χ1) is 12.7. The van der Waals surface area contributed by atoms with Gasteiger partial charge in [-0.25, -0.2) is 4.98 Å². The van der Waals surface area contributed by atoms with Crippen LogP contribution in [0.2, 0.25) is 0 Å². The third-order valence-electron chi connectivity index (χ3n) is 4.50. The van der Waals surface area contributed by atoms with E-state index in [9.17, 15) is 9.59 Å². The van der Waals surface area contributed by atoms with Gasteiger partial charge in [-0.2, -0.15) is 0 Å². The van der Waals surface area contributed by atoms with E-state index in [1.165, 1.54) is 5.56 Å². The van der Waals surface area contributed by atoms with Crippen molar-refractivity contribution in [3.63, 3.8) is 0 Å². The molecule has 6 heteroatoms. The third kappa shape index (κ3) is 3.44. The SMILES string of the molecule is O=C(CCc1nc2ccccc2[nH]c1=O)NCc1ccc2c(c1)CCO2. The molecule has 26 heavy (non-hydrogen) atoms. The van der Waals surface area contributed by atoms with Crippen molar-refractivity contribution in [2.45, 2.75) is 25.8 Å². The molecule has 2 N–H and O–H groups in total. The number of amides is 1. The number of nitrogens with zero attached hydrogens (tertiary/aromatic N) is 1. The summed E-state index contributed by atoms with van der Waals surface area (Å²) in [4.78, 5) is 31.4. The number of rotatable bonds is 5. The molecule has 132 valence electrons. The average molecular weight is 349 g/mol. The molecular formula is C20H19N3O3. The van der Waals surface area contributed by atoms with Gasteiger partial charge in [0.2, 0.25) is 5.91 Å². The van der Waals surface area contributed by atoms with E-state index in [2.05, 4.69) is 21.4 Å². The first-order valence-corrected chi connectivity index (χ1v) is 8.68. The molecule has 0 atom stereocenters. The first-order valence-electron chi connectivity index (χ1n) is 8.68. The van der Waals surface area contributed by atoms with Crippen molar-refractivity contribution in [3.05, 3.63) is 69.6 Å². The Balaban J connectivity index is 1.35. The summed E-state index contributed by atoms with van der Waals surface area (Å²) >= 11 is 0. The van der Waals surface area contributed by atoms with Gasteiger partial charge in [-0.1, -0.05) is 24.3 Å². The smallest absolute Gasteiger partial charge is 0.270 e. The number of aromatic amines is 1. The van der Waals surface area contributed by atoms with Gasteiger partial charge in [0.05, 0.1) is 17.6 Å². The van der Waals surface area contributed by atoms with Crippen LogP contribution in [0, 0.1) is 0 Å². The first kappa shape index (κ1) is 16.3.